The molecule has 4 bridgehead atoms. The summed E-state index contributed by atoms with van der Waals surface area (Å²) in [5, 5.41) is 3.10. The molecular formula is C32H42N4O7. The molecule has 2 atom stereocenters. The molecule has 3 aliphatic heterocycles. The fourth-order valence-electron chi connectivity index (χ4n) is 5.46. The van der Waals surface area contributed by atoms with E-state index in [-0.39, 0.29) is 36.4 Å². The minimum atomic E-state index is -0.345. The second-order valence-electron chi connectivity index (χ2n) is 11.8. The summed E-state index contributed by atoms with van der Waals surface area (Å²) in [5.74, 6) is 1.37. The summed E-state index contributed by atoms with van der Waals surface area (Å²) in [6, 6.07) is 12.4. The van der Waals surface area contributed by atoms with Crippen LogP contribution in [0.25, 0.3) is 0 Å². The predicted molar refractivity (Wildman–Crippen MR) is 159 cm³/mol. The molecule has 3 aliphatic rings. The Labute approximate surface area is 253 Å². The monoisotopic (exact) mass is 594 g/mol. The molecule has 0 unspecified atom stereocenters. The topological polar surface area (TPSA) is 110 Å². The summed E-state index contributed by atoms with van der Waals surface area (Å²) < 4.78 is 23.9. The SMILES string of the molecule is CC(C)COc1cc2cc(c1)C(=O)N(C)CC(=O)N[C@H]1CCN(CC(=O)N3CCOCC3)C[C@@H]1OCc1cccc(c1)O2. The lowest BCUT2D eigenvalue weighted by molar-refractivity contribution is -0.138. The molecule has 2 aromatic rings. The second-order valence-corrected chi connectivity index (χ2v) is 11.8. The Hall–Kier alpha value is -3.67. The van der Waals surface area contributed by atoms with Gasteiger partial charge in [-0.1, -0.05) is 26.0 Å². The molecule has 3 amide bonds. The van der Waals surface area contributed by atoms with Gasteiger partial charge in [-0.05, 0) is 42.2 Å². The van der Waals surface area contributed by atoms with Crippen molar-refractivity contribution in [1.82, 2.24) is 20.0 Å². The molecule has 11 nitrogen and oxygen atoms in total. The summed E-state index contributed by atoms with van der Waals surface area (Å²) in [7, 11) is 1.60. The molecule has 0 aromatic heterocycles. The van der Waals surface area contributed by atoms with Gasteiger partial charge in [-0.15, -0.1) is 0 Å². The van der Waals surface area contributed by atoms with E-state index in [0.717, 1.165) is 5.56 Å². The number of carbonyl (C=O) groups is 3. The Bertz CT molecular complexity index is 1300. The molecule has 0 spiro atoms. The van der Waals surface area contributed by atoms with E-state index >= 15 is 0 Å². The van der Waals surface area contributed by atoms with Gasteiger partial charge in [0.1, 0.15) is 17.2 Å². The number of likely N-dealkylation sites (N-methyl/N-ethyl adjacent to an activating group) is 1. The fourth-order valence-corrected chi connectivity index (χ4v) is 5.46. The number of rotatable bonds is 5. The number of ether oxygens (including phenoxy) is 4. The summed E-state index contributed by atoms with van der Waals surface area (Å²) >= 11 is 0. The van der Waals surface area contributed by atoms with Gasteiger partial charge in [0.15, 0.2) is 0 Å². The van der Waals surface area contributed by atoms with Crippen LogP contribution < -0.4 is 14.8 Å². The van der Waals surface area contributed by atoms with Crippen molar-refractivity contribution in [3.8, 4) is 17.2 Å². The van der Waals surface area contributed by atoms with Gasteiger partial charge in [0, 0.05) is 44.9 Å². The number of carbonyl (C=O) groups excluding carboxylic acids is 3. The van der Waals surface area contributed by atoms with Gasteiger partial charge in [-0.3, -0.25) is 19.3 Å². The third kappa shape index (κ3) is 8.46. The van der Waals surface area contributed by atoms with Crippen molar-refractivity contribution in [2.24, 2.45) is 5.92 Å². The zero-order chi connectivity index (χ0) is 30.3. The third-order valence-corrected chi connectivity index (χ3v) is 7.75. The van der Waals surface area contributed by atoms with E-state index in [1.807, 2.05) is 29.2 Å². The molecule has 43 heavy (non-hydrogen) atoms. The molecule has 3 heterocycles. The van der Waals surface area contributed by atoms with Crippen LogP contribution in [0.3, 0.4) is 0 Å². The van der Waals surface area contributed by atoms with Gasteiger partial charge in [-0.2, -0.15) is 0 Å². The maximum absolute atomic E-state index is 13.4. The molecule has 1 N–H and O–H groups in total. The maximum Gasteiger partial charge on any atom is 0.254 e. The molecule has 2 aromatic carbocycles. The minimum absolute atomic E-state index is 0.0740. The maximum atomic E-state index is 13.4. The normalized spacial score (nSPS) is 22.0. The lowest BCUT2D eigenvalue weighted by atomic mass is 10.0. The summed E-state index contributed by atoms with van der Waals surface area (Å²) in [6.45, 7) is 8.54. The van der Waals surface area contributed by atoms with Crippen LogP contribution in [0.15, 0.2) is 42.5 Å². The van der Waals surface area contributed by atoms with E-state index < -0.39 is 0 Å². The Morgan fingerprint density at radius 2 is 1.88 bits per heavy atom. The number of nitrogens with one attached hydrogen (secondary N) is 1. The number of hydrogen-bond donors (Lipinski definition) is 1. The molecule has 0 saturated carbocycles. The van der Waals surface area contributed by atoms with Crippen molar-refractivity contribution in [3.63, 3.8) is 0 Å². The highest BCUT2D eigenvalue weighted by Gasteiger charge is 2.33. The van der Waals surface area contributed by atoms with Gasteiger partial charge >= 0.3 is 0 Å². The molecule has 11 heteroatoms. The van der Waals surface area contributed by atoms with Crippen LogP contribution in [0.1, 0.15) is 36.2 Å². The van der Waals surface area contributed by atoms with Crippen LogP contribution in [0.4, 0.5) is 0 Å². The first kappa shape index (κ1) is 30.8. The first-order valence-corrected chi connectivity index (χ1v) is 15.0. The van der Waals surface area contributed by atoms with E-state index in [2.05, 4.69) is 24.1 Å². The molecule has 0 radical (unpaired) electrons. The Balaban J connectivity index is 1.36. The molecule has 2 fully saturated rings. The van der Waals surface area contributed by atoms with E-state index in [9.17, 15) is 14.4 Å². The molecule has 0 aliphatic carbocycles. The van der Waals surface area contributed by atoms with Crippen molar-refractivity contribution in [1.29, 1.82) is 0 Å². The van der Waals surface area contributed by atoms with Gasteiger partial charge in [0.05, 0.1) is 51.7 Å². The van der Waals surface area contributed by atoms with Crippen molar-refractivity contribution >= 4 is 17.7 Å². The number of benzene rings is 2. The second kappa shape index (κ2) is 14.2. The van der Waals surface area contributed by atoms with Crippen LogP contribution in [0, 0.1) is 5.92 Å². The quantitative estimate of drug-likeness (QED) is 0.563. The van der Waals surface area contributed by atoms with Crippen LogP contribution in [-0.2, 0) is 25.7 Å². The number of amides is 3. The van der Waals surface area contributed by atoms with Gasteiger partial charge in [0.25, 0.3) is 5.91 Å². The zero-order valence-electron chi connectivity index (χ0n) is 25.3. The number of morpholine rings is 1. The number of piperidine rings is 1. The lowest BCUT2D eigenvalue weighted by Gasteiger charge is -2.39. The van der Waals surface area contributed by atoms with E-state index in [1.54, 1.807) is 25.2 Å². The number of nitrogens with zero attached hydrogens (tertiary/aromatic N) is 3. The molecule has 2 saturated heterocycles. The Morgan fingerprint density at radius 1 is 1.07 bits per heavy atom. The van der Waals surface area contributed by atoms with Crippen molar-refractivity contribution in [2.75, 3.05) is 66.1 Å². The van der Waals surface area contributed by atoms with E-state index in [4.69, 9.17) is 18.9 Å². The van der Waals surface area contributed by atoms with Crippen molar-refractivity contribution in [3.05, 3.63) is 53.6 Å². The molecule has 5 rings (SSSR count). The highest BCUT2D eigenvalue weighted by atomic mass is 16.5. The average molecular weight is 595 g/mol. The highest BCUT2D eigenvalue weighted by molar-refractivity contribution is 5.97. The fraction of sp³-hybridized carbons (Fsp3) is 0.531. The molecule has 232 valence electrons. The number of likely N-dealkylation sites (tertiary alicyclic amines) is 1. The first-order chi connectivity index (χ1) is 20.7. The third-order valence-electron chi connectivity index (χ3n) is 7.75. The standard InChI is InChI=1S/C32H42N4O7/c1-22(2)20-41-26-14-24-15-27(16-26)43-25-6-4-5-23(13-25)21-42-29-17-35(19-31(38)36-9-11-40-12-10-36)8-7-28(29)33-30(37)18-34(3)32(24)39/h4-6,13-16,22,28-29H,7-12,17-21H2,1-3H3,(H,33,37)/t28-,29-/m0/s1. The average Bonchev–Trinajstić information content (AvgIpc) is 2.99. The van der Waals surface area contributed by atoms with Gasteiger partial charge in [0.2, 0.25) is 11.8 Å². The first-order valence-electron chi connectivity index (χ1n) is 15.0. The Kier molecular flexibility index (Phi) is 10.2. The predicted octanol–water partition coefficient (Wildman–Crippen LogP) is 2.53. The summed E-state index contributed by atoms with van der Waals surface area (Å²) in [6.07, 6.45) is 0.272. The van der Waals surface area contributed by atoms with Crippen molar-refractivity contribution < 1.29 is 33.3 Å². The van der Waals surface area contributed by atoms with E-state index in [0.29, 0.717) is 94.3 Å². The number of hydrogen-bond acceptors (Lipinski definition) is 8. The lowest BCUT2D eigenvalue weighted by Crippen LogP contribution is -2.57. The van der Waals surface area contributed by atoms with Gasteiger partial charge < -0.3 is 34.1 Å². The summed E-state index contributed by atoms with van der Waals surface area (Å²) in [4.78, 5) is 44.8. The van der Waals surface area contributed by atoms with Crippen LogP contribution in [-0.4, -0.2) is 111 Å². The van der Waals surface area contributed by atoms with Crippen LogP contribution >= 0.6 is 0 Å². The Morgan fingerprint density at radius 3 is 2.67 bits per heavy atom. The van der Waals surface area contributed by atoms with E-state index in [1.165, 1.54) is 4.90 Å². The van der Waals surface area contributed by atoms with Gasteiger partial charge in [-0.25, -0.2) is 0 Å². The minimum Gasteiger partial charge on any atom is -0.493 e. The largest absolute Gasteiger partial charge is 0.493 e. The highest BCUT2D eigenvalue weighted by Crippen LogP contribution is 2.29. The van der Waals surface area contributed by atoms with Crippen LogP contribution in [0.2, 0.25) is 0 Å². The zero-order valence-corrected chi connectivity index (χ0v) is 25.3. The number of fused-ring (bicyclic) bond motifs is 5. The summed E-state index contributed by atoms with van der Waals surface area (Å²) in [5.41, 5.74) is 1.27. The van der Waals surface area contributed by atoms with Crippen molar-refractivity contribution in [2.45, 2.75) is 39.0 Å². The smallest absolute Gasteiger partial charge is 0.254 e. The van der Waals surface area contributed by atoms with Crippen LogP contribution in [0.5, 0.6) is 17.2 Å². The molecular weight excluding hydrogens is 552 g/mol.